The maximum atomic E-state index is 10.5. The largest absolute Gasteiger partial charge is 0.508 e. The quantitative estimate of drug-likeness (QED) is 0.390. The number of benzene rings is 4. The molecule has 147 valence electrons. The van der Waals surface area contributed by atoms with Gasteiger partial charge in [-0.1, -0.05) is 35.8 Å². The van der Waals surface area contributed by atoms with Gasteiger partial charge in [-0.15, -0.1) is 0 Å². The first-order chi connectivity index (χ1) is 15.1. The highest BCUT2D eigenvalue weighted by atomic mass is 16.3. The molecule has 0 saturated carbocycles. The Balaban J connectivity index is 1.63. The molecule has 0 spiro atoms. The maximum absolute atomic E-state index is 10.5. The van der Waals surface area contributed by atoms with Crippen molar-refractivity contribution in [3.8, 4) is 52.1 Å². The van der Waals surface area contributed by atoms with Gasteiger partial charge in [-0.3, -0.25) is 0 Å². The molecule has 0 aromatic heterocycles. The third kappa shape index (κ3) is 4.88. The molecular formula is C28H17O3. The standard InChI is InChI=1S/C28H17O3/c29-25-16-9-21(10-17-25)5-4-20-7-14-24(15-8-20)28-23(2-1-3-27(28)31)13-6-22-11-18-26(30)19-12-22/h1,3,7-12,14-19,29-31H. The lowest BCUT2D eigenvalue weighted by Gasteiger charge is -2.07. The molecule has 4 aromatic rings. The molecule has 0 amide bonds. The normalized spacial score (nSPS) is 9.81. The first-order valence-corrected chi connectivity index (χ1v) is 9.55. The van der Waals surface area contributed by atoms with Crippen LogP contribution in [0.1, 0.15) is 22.3 Å². The first-order valence-electron chi connectivity index (χ1n) is 9.55. The van der Waals surface area contributed by atoms with Crippen LogP contribution < -0.4 is 0 Å². The lowest BCUT2D eigenvalue weighted by Crippen LogP contribution is -1.87. The van der Waals surface area contributed by atoms with Crippen LogP contribution >= 0.6 is 0 Å². The molecule has 3 N–H and O–H groups in total. The molecule has 0 aliphatic carbocycles. The maximum Gasteiger partial charge on any atom is 0.124 e. The molecule has 0 aliphatic rings. The Morgan fingerprint density at radius 3 is 1.48 bits per heavy atom. The van der Waals surface area contributed by atoms with Gasteiger partial charge in [0, 0.05) is 27.8 Å². The van der Waals surface area contributed by atoms with E-state index in [1.54, 1.807) is 60.7 Å². The van der Waals surface area contributed by atoms with E-state index < -0.39 is 0 Å². The number of phenolic OH excluding ortho intramolecular Hbond substituents is 3. The van der Waals surface area contributed by atoms with Gasteiger partial charge in [-0.05, 0) is 84.4 Å². The van der Waals surface area contributed by atoms with E-state index in [1.807, 2.05) is 24.3 Å². The van der Waals surface area contributed by atoms with Crippen molar-refractivity contribution in [3.63, 3.8) is 0 Å². The van der Waals surface area contributed by atoms with Crippen molar-refractivity contribution >= 4 is 0 Å². The van der Waals surface area contributed by atoms with Crippen LogP contribution in [0, 0.1) is 29.7 Å². The van der Waals surface area contributed by atoms with Crippen molar-refractivity contribution in [2.75, 3.05) is 0 Å². The van der Waals surface area contributed by atoms with E-state index in [0.717, 1.165) is 22.3 Å². The molecule has 4 rings (SSSR count). The number of phenols is 3. The molecule has 0 saturated heterocycles. The third-order valence-corrected chi connectivity index (χ3v) is 4.57. The summed E-state index contributed by atoms with van der Waals surface area (Å²) >= 11 is 0. The van der Waals surface area contributed by atoms with Gasteiger partial charge in [0.1, 0.15) is 17.2 Å². The molecule has 31 heavy (non-hydrogen) atoms. The van der Waals surface area contributed by atoms with Crippen LogP contribution in [0.15, 0.2) is 84.9 Å². The zero-order valence-electron chi connectivity index (χ0n) is 16.4. The van der Waals surface area contributed by atoms with Crippen molar-refractivity contribution in [3.05, 3.63) is 113 Å². The fourth-order valence-corrected chi connectivity index (χ4v) is 2.97. The Kier molecular flexibility index (Phi) is 5.61. The topological polar surface area (TPSA) is 60.7 Å². The smallest absolute Gasteiger partial charge is 0.124 e. The Labute approximate surface area is 180 Å². The molecule has 0 fully saturated rings. The van der Waals surface area contributed by atoms with Crippen LogP contribution in [-0.4, -0.2) is 15.3 Å². The van der Waals surface area contributed by atoms with Crippen LogP contribution in [0.3, 0.4) is 0 Å². The molecule has 0 unspecified atom stereocenters. The SMILES string of the molecule is Oc1ccc(C#Cc2ccc(-c3c(C#Cc4ccc(O)cc4)[c]ccc3O)cc2)cc1. The van der Waals surface area contributed by atoms with E-state index in [2.05, 4.69) is 29.7 Å². The van der Waals surface area contributed by atoms with Gasteiger partial charge in [0.25, 0.3) is 0 Å². The summed E-state index contributed by atoms with van der Waals surface area (Å²) in [5.41, 5.74) is 4.37. The van der Waals surface area contributed by atoms with Crippen LogP contribution in [0.2, 0.25) is 0 Å². The zero-order chi connectivity index (χ0) is 21.6. The second-order valence-corrected chi connectivity index (χ2v) is 6.78. The highest BCUT2D eigenvalue weighted by Gasteiger charge is 2.09. The molecular weight excluding hydrogens is 384 g/mol. The second-order valence-electron chi connectivity index (χ2n) is 6.78. The van der Waals surface area contributed by atoms with E-state index in [1.165, 1.54) is 0 Å². The van der Waals surface area contributed by atoms with Crippen molar-refractivity contribution < 1.29 is 15.3 Å². The predicted octanol–water partition coefficient (Wildman–Crippen LogP) is 5.07. The number of aromatic hydroxyl groups is 3. The summed E-state index contributed by atoms with van der Waals surface area (Å²) < 4.78 is 0. The van der Waals surface area contributed by atoms with Gasteiger partial charge in [0.2, 0.25) is 0 Å². The summed E-state index contributed by atoms with van der Waals surface area (Å²) in [4.78, 5) is 0. The average molecular weight is 401 g/mol. The Morgan fingerprint density at radius 2 is 0.968 bits per heavy atom. The Bertz CT molecular complexity index is 1330. The minimum atomic E-state index is 0.122. The van der Waals surface area contributed by atoms with Gasteiger partial charge >= 0.3 is 0 Å². The van der Waals surface area contributed by atoms with E-state index in [-0.39, 0.29) is 17.2 Å². The minimum Gasteiger partial charge on any atom is -0.508 e. The van der Waals surface area contributed by atoms with Gasteiger partial charge in [0.05, 0.1) is 0 Å². The Morgan fingerprint density at radius 1 is 0.516 bits per heavy atom. The predicted molar refractivity (Wildman–Crippen MR) is 121 cm³/mol. The Hall–Kier alpha value is -4.60. The third-order valence-electron chi connectivity index (χ3n) is 4.57. The molecule has 4 aromatic carbocycles. The summed E-state index contributed by atoms with van der Waals surface area (Å²) in [5, 5.41) is 29.2. The van der Waals surface area contributed by atoms with Gasteiger partial charge < -0.3 is 15.3 Å². The van der Waals surface area contributed by atoms with Crippen molar-refractivity contribution in [1.29, 1.82) is 0 Å². The molecule has 0 aliphatic heterocycles. The summed E-state index contributed by atoms with van der Waals surface area (Å²) in [7, 11) is 0. The lowest BCUT2D eigenvalue weighted by molar-refractivity contribution is 0.474. The van der Waals surface area contributed by atoms with Gasteiger partial charge in [-0.25, -0.2) is 0 Å². The highest BCUT2D eigenvalue weighted by Crippen LogP contribution is 2.32. The molecule has 0 bridgehead atoms. The van der Waals surface area contributed by atoms with E-state index >= 15 is 0 Å². The molecule has 0 heterocycles. The van der Waals surface area contributed by atoms with Crippen LogP contribution in [0.5, 0.6) is 17.2 Å². The van der Waals surface area contributed by atoms with Crippen molar-refractivity contribution in [1.82, 2.24) is 0 Å². The highest BCUT2D eigenvalue weighted by molar-refractivity contribution is 5.77. The zero-order valence-corrected chi connectivity index (χ0v) is 16.4. The summed E-state index contributed by atoms with van der Waals surface area (Å²) in [5.74, 6) is 12.8. The van der Waals surface area contributed by atoms with E-state index in [0.29, 0.717) is 11.1 Å². The van der Waals surface area contributed by atoms with Crippen LogP contribution in [0.4, 0.5) is 0 Å². The lowest BCUT2D eigenvalue weighted by atomic mass is 9.97. The fraction of sp³-hybridized carbons (Fsp3) is 0. The van der Waals surface area contributed by atoms with Crippen LogP contribution in [0.25, 0.3) is 11.1 Å². The molecule has 1 radical (unpaired) electrons. The van der Waals surface area contributed by atoms with Gasteiger partial charge in [0.15, 0.2) is 0 Å². The van der Waals surface area contributed by atoms with E-state index in [4.69, 9.17) is 0 Å². The molecule has 3 heteroatoms. The number of hydrogen-bond donors (Lipinski definition) is 3. The average Bonchev–Trinajstić information content (AvgIpc) is 2.79. The molecule has 3 nitrogen and oxygen atoms in total. The fourth-order valence-electron chi connectivity index (χ4n) is 2.97. The summed E-state index contributed by atoms with van der Waals surface area (Å²) in [6.45, 7) is 0. The molecule has 0 atom stereocenters. The van der Waals surface area contributed by atoms with Crippen LogP contribution in [-0.2, 0) is 0 Å². The first kappa shape index (κ1) is 19.7. The number of rotatable bonds is 1. The number of hydrogen-bond acceptors (Lipinski definition) is 3. The van der Waals surface area contributed by atoms with Crippen molar-refractivity contribution in [2.45, 2.75) is 0 Å². The minimum absolute atomic E-state index is 0.122. The van der Waals surface area contributed by atoms with E-state index in [9.17, 15) is 15.3 Å². The summed E-state index contributed by atoms with van der Waals surface area (Å²) in [6, 6.07) is 27.2. The van der Waals surface area contributed by atoms with Gasteiger partial charge in [-0.2, -0.15) is 0 Å². The van der Waals surface area contributed by atoms with Crippen molar-refractivity contribution in [2.24, 2.45) is 0 Å². The monoisotopic (exact) mass is 401 g/mol. The summed E-state index contributed by atoms with van der Waals surface area (Å²) in [6.07, 6.45) is 0. The second kappa shape index (κ2) is 8.82.